The molecular weight excluding hydrogens is 326 g/mol. The van der Waals surface area contributed by atoms with Crippen LogP contribution in [0.2, 0.25) is 0 Å². The van der Waals surface area contributed by atoms with E-state index >= 15 is 0 Å². The van der Waals surface area contributed by atoms with Crippen molar-refractivity contribution < 1.29 is 9.90 Å². The van der Waals surface area contributed by atoms with Crippen molar-refractivity contribution in [3.05, 3.63) is 59.7 Å². The van der Waals surface area contributed by atoms with Crippen LogP contribution in [0.25, 0.3) is 0 Å². The zero-order valence-electron chi connectivity index (χ0n) is 15.1. The van der Waals surface area contributed by atoms with E-state index in [1.165, 1.54) is 5.56 Å². The summed E-state index contributed by atoms with van der Waals surface area (Å²) in [5.41, 5.74) is 1.79. The maximum atomic E-state index is 12.2. The van der Waals surface area contributed by atoms with Crippen molar-refractivity contribution in [2.24, 2.45) is 11.3 Å². The van der Waals surface area contributed by atoms with Crippen LogP contribution in [0.5, 0.6) is 0 Å². The first kappa shape index (κ1) is 17.2. The number of aliphatic carboxylic acids is 1. The summed E-state index contributed by atoms with van der Waals surface area (Å²) in [6.07, 6.45) is 6.37. The van der Waals surface area contributed by atoms with Gasteiger partial charge in [0.25, 0.3) is 0 Å². The van der Waals surface area contributed by atoms with Gasteiger partial charge in [0.1, 0.15) is 5.82 Å². The van der Waals surface area contributed by atoms with Crippen molar-refractivity contribution in [1.82, 2.24) is 14.9 Å². The third-order valence-corrected chi connectivity index (χ3v) is 6.21. The molecule has 2 aliphatic rings. The Morgan fingerprint density at radius 2 is 2.00 bits per heavy atom. The Morgan fingerprint density at radius 3 is 2.69 bits per heavy atom. The van der Waals surface area contributed by atoms with Gasteiger partial charge < -0.3 is 5.11 Å². The molecule has 5 heteroatoms. The molecule has 2 heterocycles. The zero-order valence-corrected chi connectivity index (χ0v) is 15.1. The Bertz CT molecular complexity index is 778. The van der Waals surface area contributed by atoms with Crippen molar-refractivity contribution in [2.75, 3.05) is 13.1 Å². The maximum absolute atomic E-state index is 12.2. The number of carboxylic acids is 1. The molecule has 2 aromatic rings. The summed E-state index contributed by atoms with van der Waals surface area (Å²) in [6.45, 7) is 4.06. The van der Waals surface area contributed by atoms with Crippen molar-refractivity contribution in [2.45, 2.75) is 38.6 Å². The summed E-state index contributed by atoms with van der Waals surface area (Å²) in [4.78, 5) is 23.0. The topological polar surface area (TPSA) is 66.3 Å². The van der Waals surface area contributed by atoms with Gasteiger partial charge in [-0.15, -0.1) is 0 Å². The average molecular weight is 351 g/mol. The van der Waals surface area contributed by atoms with Gasteiger partial charge in [0.05, 0.1) is 5.41 Å². The molecule has 2 fully saturated rings. The van der Waals surface area contributed by atoms with E-state index < -0.39 is 11.4 Å². The zero-order chi connectivity index (χ0) is 18.1. The third kappa shape index (κ3) is 3.12. The molecule has 1 aromatic heterocycles. The summed E-state index contributed by atoms with van der Waals surface area (Å²) in [7, 11) is 0. The second-order valence-electron chi connectivity index (χ2n) is 7.85. The number of nitrogens with zero attached hydrogens (tertiary/aromatic N) is 3. The van der Waals surface area contributed by atoms with Gasteiger partial charge in [0.15, 0.2) is 0 Å². The smallest absolute Gasteiger partial charge is 0.311 e. The summed E-state index contributed by atoms with van der Waals surface area (Å²) in [5.74, 6) is 0.801. The van der Waals surface area contributed by atoms with Crippen LogP contribution in [-0.2, 0) is 11.3 Å². The highest BCUT2D eigenvalue weighted by Crippen LogP contribution is 2.51. The fourth-order valence-electron chi connectivity index (χ4n) is 4.81. The van der Waals surface area contributed by atoms with Gasteiger partial charge >= 0.3 is 5.97 Å². The molecule has 4 rings (SSSR count). The molecule has 0 spiro atoms. The van der Waals surface area contributed by atoms with E-state index in [1.807, 2.05) is 25.4 Å². The first-order chi connectivity index (χ1) is 12.6. The van der Waals surface area contributed by atoms with E-state index in [2.05, 4.69) is 39.1 Å². The molecule has 1 saturated heterocycles. The van der Waals surface area contributed by atoms with Crippen LogP contribution in [-0.4, -0.2) is 39.0 Å². The van der Waals surface area contributed by atoms with Crippen LogP contribution >= 0.6 is 0 Å². The van der Waals surface area contributed by atoms with Crippen molar-refractivity contribution in [3.8, 4) is 0 Å². The fourth-order valence-corrected chi connectivity index (χ4v) is 4.81. The number of aromatic nitrogens is 2. The lowest BCUT2D eigenvalue weighted by atomic mass is 9.64. The predicted molar refractivity (Wildman–Crippen MR) is 98.6 cm³/mol. The minimum Gasteiger partial charge on any atom is -0.481 e. The Labute approximate surface area is 154 Å². The second kappa shape index (κ2) is 6.80. The minimum atomic E-state index is -0.628. The molecule has 1 aromatic carbocycles. The van der Waals surface area contributed by atoms with Gasteiger partial charge in [0.2, 0.25) is 0 Å². The van der Waals surface area contributed by atoms with Crippen LogP contribution < -0.4 is 0 Å². The highest BCUT2D eigenvalue weighted by atomic mass is 16.4. The number of benzene rings is 1. The lowest BCUT2D eigenvalue weighted by Gasteiger charge is -2.38. The molecular formula is C21H25N3O2. The van der Waals surface area contributed by atoms with Gasteiger partial charge in [-0.05, 0) is 43.6 Å². The summed E-state index contributed by atoms with van der Waals surface area (Å²) in [5, 5.41) is 10.0. The van der Waals surface area contributed by atoms with E-state index in [-0.39, 0.29) is 5.92 Å². The molecule has 136 valence electrons. The van der Waals surface area contributed by atoms with Crippen molar-refractivity contribution in [3.63, 3.8) is 0 Å². The summed E-state index contributed by atoms with van der Waals surface area (Å²) >= 11 is 0. The molecule has 0 unspecified atom stereocenters. The first-order valence-corrected chi connectivity index (χ1v) is 9.35. The van der Waals surface area contributed by atoms with Crippen LogP contribution in [0.1, 0.15) is 42.1 Å². The molecule has 1 N–H and O–H groups in total. The maximum Gasteiger partial charge on any atom is 0.311 e. The lowest BCUT2D eigenvalue weighted by Crippen LogP contribution is -2.42. The Morgan fingerprint density at radius 1 is 1.27 bits per heavy atom. The number of carboxylic acid groups (broad SMARTS) is 1. The molecule has 1 aliphatic heterocycles. The molecule has 1 aliphatic carbocycles. The highest BCUT2D eigenvalue weighted by molar-refractivity contribution is 5.76. The Kier molecular flexibility index (Phi) is 4.49. The molecule has 3 atom stereocenters. The standard InChI is InChI=1S/C21H25N3O2/c1-15-22-10-16(11-23-15)12-24-13-19-9-18(17-5-3-2-4-6-17)7-8-21(19,14-24)20(25)26/h2-6,10-11,18-19H,7-9,12-14H2,1H3,(H,25,26)/t18-,19-,21-/m0/s1. The largest absolute Gasteiger partial charge is 0.481 e. The van der Waals surface area contributed by atoms with Crippen LogP contribution in [0.4, 0.5) is 0 Å². The van der Waals surface area contributed by atoms with E-state index in [1.54, 1.807) is 0 Å². The lowest BCUT2D eigenvalue weighted by molar-refractivity contribution is -0.152. The molecule has 0 amide bonds. The number of carbonyl (C=O) groups is 1. The molecule has 1 saturated carbocycles. The molecule has 5 nitrogen and oxygen atoms in total. The number of hydrogen-bond donors (Lipinski definition) is 1. The fraction of sp³-hybridized carbons (Fsp3) is 0.476. The number of rotatable bonds is 4. The van der Waals surface area contributed by atoms with Gasteiger partial charge in [-0.3, -0.25) is 9.69 Å². The van der Waals surface area contributed by atoms with Crippen molar-refractivity contribution in [1.29, 1.82) is 0 Å². The van der Waals surface area contributed by atoms with Crippen molar-refractivity contribution >= 4 is 5.97 Å². The number of aryl methyl sites for hydroxylation is 1. The van der Waals surface area contributed by atoms with E-state index in [9.17, 15) is 9.90 Å². The SMILES string of the molecule is Cc1ncc(CN2C[C@@H]3C[C@@H](c4ccccc4)CC[C@]3(C(=O)O)C2)cn1. The van der Waals surface area contributed by atoms with Gasteiger partial charge in [-0.1, -0.05) is 30.3 Å². The van der Waals surface area contributed by atoms with E-state index in [4.69, 9.17) is 0 Å². The predicted octanol–water partition coefficient (Wildman–Crippen LogP) is 3.26. The minimum absolute atomic E-state index is 0.199. The van der Waals surface area contributed by atoms with Gasteiger partial charge in [0, 0.05) is 37.6 Å². The summed E-state index contributed by atoms with van der Waals surface area (Å²) < 4.78 is 0. The number of hydrogen-bond acceptors (Lipinski definition) is 4. The molecule has 0 bridgehead atoms. The van der Waals surface area contributed by atoms with Crippen LogP contribution in [0.3, 0.4) is 0 Å². The second-order valence-corrected chi connectivity index (χ2v) is 7.85. The first-order valence-electron chi connectivity index (χ1n) is 9.35. The summed E-state index contributed by atoms with van der Waals surface area (Å²) in [6, 6.07) is 10.5. The van der Waals surface area contributed by atoms with Gasteiger partial charge in [-0.25, -0.2) is 9.97 Å². The van der Waals surface area contributed by atoms with Crippen LogP contribution in [0.15, 0.2) is 42.7 Å². The van der Waals surface area contributed by atoms with E-state index in [0.717, 1.165) is 43.7 Å². The third-order valence-electron chi connectivity index (χ3n) is 6.21. The quantitative estimate of drug-likeness (QED) is 0.916. The highest BCUT2D eigenvalue weighted by Gasteiger charge is 2.54. The van der Waals surface area contributed by atoms with Gasteiger partial charge in [-0.2, -0.15) is 0 Å². The average Bonchev–Trinajstić information content (AvgIpc) is 3.03. The molecule has 26 heavy (non-hydrogen) atoms. The van der Waals surface area contributed by atoms with E-state index in [0.29, 0.717) is 12.5 Å². The Hall–Kier alpha value is -2.27. The van der Waals surface area contributed by atoms with Crippen LogP contribution in [0, 0.1) is 18.3 Å². The number of fused-ring (bicyclic) bond motifs is 1. The molecule has 0 radical (unpaired) electrons. The number of likely N-dealkylation sites (tertiary alicyclic amines) is 1. The monoisotopic (exact) mass is 351 g/mol. The Balaban J connectivity index is 1.52. The normalized spacial score (nSPS) is 28.7.